The van der Waals surface area contributed by atoms with Crippen molar-refractivity contribution in [2.45, 2.75) is 37.2 Å². The fraction of sp³-hybridized carbons (Fsp3) is 0.300. The minimum absolute atomic E-state index is 0.112. The van der Waals surface area contributed by atoms with E-state index in [-0.39, 0.29) is 10.5 Å². The summed E-state index contributed by atoms with van der Waals surface area (Å²) in [5, 5.41) is 2.76. The molecule has 0 unspecified atom stereocenters. The summed E-state index contributed by atoms with van der Waals surface area (Å²) in [4.78, 5) is 24.6. The highest BCUT2D eigenvalue weighted by Crippen LogP contribution is 2.25. The van der Waals surface area contributed by atoms with Gasteiger partial charge in [0, 0.05) is 11.9 Å². The van der Waals surface area contributed by atoms with Gasteiger partial charge < -0.3 is 10.1 Å². The molecule has 2 aromatic rings. The van der Waals surface area contributed by atoms with E-state index in [0.29, 0.717) is 5.69 Å². The zero-order valence-corrected chi connectivity index (χ0v) is 16.0. The van der Waals surface area contributed by atoms with Crippen molar-refractivity contribution in [1.82, 2.24) is 0 Å². The molecule has 0 saturated heterocycles. The summed E-state index contributed by atoms with van der Waals surface area (Å²) in [5.74, 6) is -1.11. The highest BCUT2D eigenvalue weighted by molar-refractivity contribution is 7.90. The first-order valence-corrected chi connectivity index (χ1v) is 10.6. The molecule has 3 rings (SSSR count). The van der Waals surface area contributed by atoms with Crippen LogP contribution in [0.5, 0.6) is 0 Å². The summed E-state index contributed by atoms with van der Waals surface area (Å²) in [5.41, 5.74) is 3.41. The highest BCUT2D eigenvalue weighted by atomic mass is 32.2. The van der Waals surface area contributed by atoms with Gasteiger partial charge in [-0.25, -0.2) is 13.2 Å². The molecule has 27 heavy (non-hydrogen) atoms. The Hall–Kier alpha value is -2.67. The maximum absolute atomic E-state index is 12.3. The van der Waals surface area contributed by atoms with Gasteiger partial charge in [-0.15, -0.1) is 0 Å². The molecule has 6 nitrogen and oxygen atoms in total. The van der Waals surface area contributed by atoms with Crippen molar-refractivity contribution >= 4 is 27.4 Å². The molecule has 0 radical (unpaired) electrons. The molecular formula is C20H21NO5S. The van der Waals surface area contributed by atoms with Crippen LogP contribution in [-0.2, 0) is 32.2 Å². The van der Waals surface area contributed by atoms with Gasteiger partial charge in [0.25, 0.3) is 5.91 Å². The zero-order chi connectivity index (χ0) is 19.6. The largest absolute Gasteiger partial charge is 0.449 e. The SMILES string of the molecule is C[C@@H](OC(=O)c1ccc(S(C)(=O)=O)cc1)C(=O)Nc1ccc2c(c1)CCC2. The van der Waals surface area contributed by atoms with Crippen LogP contribution >= 0.6 is 0 Å². The van der Waals surface area contributed by atoms with Gasteiger partial charge in [-0.05, 0) is 73.7 Å². The number of sulfone groups is 1. The molecule has 142 valence electrons. The number of hydrogen-bond acceptors (Lipinski definition) is 5. The normalized spacial score (nSPS) is 14.3. The van der Waals surface area contributed by atoms with Crippen LogP contribution in [0.25, 0.3) is 0 Å². The van der Waals surface area contributed by atoms with Crippen molar-refractivity contribution < 1.29 is 22.7 Å². The number of anilines is 1. The molecular weight excluding hydrogens is 366 g/mol. The van der Waals surface area contributed by atoms with Gasteiger partial charge >= 0.3 is 5.97 Å². The van der Waals surface area contributed by atoms with Crippen LogP contribution in [0.4, 0.5) is 5.69 Å². The number of rotatable bonds is 5. The van der Waals surface area contributed by atoms with E-state index in [9.17, 15) is 18.0 Å². The maximum Gasteiger partial charge on any atom is 0.338 e. The molecule has 0 aliphatic heterocycles. The van der Waals surface area contributed by atoms with Crippen molar-refractivity contribution in [3.05, 3.63) is 59.2 Å². The molecule has 0 spiro atoms. The van der Waals surface area contributed by atoms with E-state index in [0.717, 1.165) is 25.5 Å². The van der Waals surface area contributed by atoms with E-state index in [1.165, 1.54) is 42.3 Å². The Morgan fingerprint density at radius 2 is 1.70 bits per heavy atom. The average Bonchev–Trinajstić information content (AvgIpc) is 3.08. The van der Waals surface area contributed by atoms with Crippen LogP contribution < -0.4 is 5.32 Å². The van der Waals surface area contributed by atoms with Crippen LogP contribution in [-0.4, -0.2) is 32.7 Å². The molecule has 1 N–H and O–H groups in total. The van der Waals surface area contributed by atoms with E-state index < -0.39 is 27.8 Å². The lowest BCUT2D eigenvalue weighted by molar-refractivity contribution is -0.123. The minimum atomic E-state index is -3.34. The monoisotopic (exact) mass is 387 g/mol. The van der Waals surface area contributed by atoms with Gasteiger partial charge in [-0.2, -0.15) is 0 Å². The van der Waals surface area contributed by atoms with E-state index in [1.54, 1.807) is 0 Å². The van der Waals surface area contributed by atoms with Crippen LogP contribution in [0.3, 0.4) is 0 Å². The lowest BCUT2D eigenvalue weighted by Gasteiger charge is -2.14. The van der Waals surface area contributed by atoms with Crippen molar-refractivity contribution in [1.29, 1.82) is 0 Å². The first kappa shape index (κ1) is 19.1. The van der Waals surface area contributed by atoms with Gasteiger partial charge in [0.2, 0.25) is 0 Å². The summed E-state index contributed by atoms with van der Waals surface area (Å²) in [6.07, 6.45) is 3.30. The Balaban J connectivity index is 1.61. The standard InChI is InChI=1S/C20H21NO5S/c1-13(19(22)21-17-9-6-14-4-3-5-16(14)12-17)26-20(23)15-7-10-18(11-8-15)27(2,24)25/h6-13H,3-5H2,1-2H3,(H,21,22)/t13-/m1/s1. The summed E-state index contributed by atoms with van der Waals surface area (Å²) >= 11 is 0. The molecule has 0 heterocycles. The summed E-state index contributed by atoms with van der Waals surface area (Å²) in [6.45, 7) is 1.49. The molecule has 0 fully saturated rings. The van der Waals surface area contributed by atoms with Crippen LogP contribution in [0.2, 0.25) is 0 Å². The molecule has 0 aromatic heterocycles. The molecule has 0 bridgehead atoms. The number of hydrogen-bond donors (Lipinski definition) is 1. The quantitative estimate of drug-likeness (QED) is 0.797. The Bertz CT molecular complexity index is 980. The Morgan fingerprint density at radius 3 is 2.37 bits per heavy atom. The molecule has 1 aliphatic rings. The van der Waals surface area contributed by atoms with E-state index >= 15 is 0 Å². The summed E-state index contributed by atoms with van der Waals surface area (Å²) in [6, 6.07) is 11.2. The van der Waals surface area contributed by atoms with Crippen molar-refractivity contribution in [2.24, 2.45) is 0 Å². The number of carbonyl (C=O) groups excluding carboxylic acids is 2. The maximum atomic E-state index is 12.3. The van der Waals surface area contributed by atoms with Gasteiger partial charge in [-0.1, -0.05) is 6.07 Å². The molecule has 1 aliphatic carbocycles. The number of esters is 1. The highest BCUT2D eigenvalue weighted by Gasteiger charge is 2.20. The van der Waals surface area contributed by atoms with Crippen LogP contribution in [0.1, 0.15) is 34.8 Å². The Morgan fingerprint density at radius 1 is 1.04 bits per heavy atom. The second-order valence-electron chi connectivity index (χ2n) is 6.67. The molecule has 0 saturated carbocycles. The number of aryl methyl sites for hydroxylation is 2. The molecule has 1 atom stereocenters. The average molecular weight is 387 g/mol. The van der Waals surface area contributed by atoms with Gasteiger partial charge in [0.15, 0.2) is 15.9 Å². The molecule has 7 heteroatoms. The fourth-order valence-corrected chi connectivity index (χ4v) is 3.64. The second-order valence-corrected chi connectivity index (χ2v) is 8.69. The number of nitrogens with one attached hydrogen (secondary N) is 1. The summed E-state index contributed by atoms with van der Waals surface area (Å²) < 4.78 is 28.1. The minimum Gasteiger partial charge on any atom is -0.449 e. The van der Waals surface area contributed by atoms with E-state index in [2.05, 4.69) is 5.32 Å². The third-order valence-corrected chi connectivity index (χ3v) is 5.67. The lowest BCUT2D eigenvalue weighted by atomic mass is 10.1. The van der Waals surface area contributed by atoms with Crippen molar-refractivity contribution in [2.75, 3.05) is 11.6 Å². The third-order valence-electron chi connectivity index (χ3n) is 4.54. The van der Waals surface area contributed by atoms with Gasteiger partial charge in [0.1, 0.15) is 0 Å². The van der Waals surface area contributed by atoms with Crippen LogP contribution in [0, 0.1) is 0 Å². The van der Waals surface area contributed by atoms with E-state index in [4.69, 9.17) is 4.74 Å². The number of amides is 1. The van der Waals surface area contributed by atoms with Gasteiger partial charge in [-0.3, -0.25) is 4.79 Å². The Kier molecular flexibility index (Phi) is 5.32. The lowest BCUT2D eigenvalue weighted by Crippen LogP contribution is -2.30. The van der Waals surface area contributed by atoms with Crippen molar-refractivity contribution in [3.63, 3.8) is 0 Å². The topological polar surface area (TPSA) is 89.5 Å². The number of benzene rings is 2. The van der Waals surface area contributed by atoms with E-state index in [1.807, 2.05) is 18.2 Å². The fourth-order valence-electron chi connectivity index (χ4n) is 3.01. The number of fused-ring (bicyclic) bond motifs is 1. The first-order chi connectivity index (χ1) is 12.7. The first-order valence-electron chi connectivity index (χ1n) is 8.68. The number of ether oxygens (including phenoxy) is 1. The van der Waals surface area contributed by atoms with Gasteiger partial charge in [0.05, 0.1) is 10.5 Å². The predicted octanol–water partition coefficient (Wildman–Crippen LogP) is 2.76. The number of carbonyl (C=O) groups is 2. The smallest absolute Gasteiger partial charge is 0.338 e. The van der Waals surface area contributed by atoms with Crippen LogP contribution in [0.15, 0.2) is 47.4 Å². The second kappa shape index (κ2) is 7.52. The molecule has 1 amide bonds. The zero-order valence-electron chi connectivity index (χ0n) is 15.2. The Labute approximate surface area is 158 Å². The summed E-state index contributed by atoms with van der Waals surface area (Å²) in [7, 11) is -3.34. The molecule has 2 aromatic carbocycles. The van der Waals surface area contributed by atoms with Crippen molar-refractivity contribution in [3.8, 4) is 0 Å². The predicted molar refractivity (Wildman–Crippen MR) is 102 cm³/mol. The third kappa shape index (κ3) is 4.54.